The number of ether oxygens (including phenoxy) is 1. The minimum atomic E-state index is -0.407. The average molecular weight is 376 g/mol. The van der Waals surface area contributed by atoms with Crippen molar-refractivity contribution >= 4 is 17.3 Å². The molecule has 4 rings (SSSR count). The van der Waals surface area contributed by atoms with Gasteiger partial charge < -0.3 is 14.2 Å². The molecule has 2 aromatic carbocycles. The molecule has 144 valence electrons. The van der Waals surface area contributed by atoms with E-state index in [0.717, 1.165) is 34.7 Å². The Morgan fingerprint density at radius 2 is 1.93 bits per heavy atom. The van der Waals surface area contributed by atoms with Gasteiger partial charge in [0.05, 0.1) is 25.0 Å². The quantitative estimate of drug-likeness (QED) is 0.686. The third-order valence-electron chi connectivity index (χ3n) is 5.27. The second kappa shape index (κ2) is 7.48. The molecule has 0 radical (unpaired) electrons. The smallest absolute Gasteiger partial charge is 0.233 e. The number of amides is 1. The number of carbonyl (C=O) groups excluding carboxylic acids is 1. The summed E-state index contributed by atoms with van der Waals surface area (Å²) < 4.78 is 7.71. The summed E-state index contributed by atoms with van der Waals surface area (Å²) in [6.45, 7) is 0.757. The highest BCUT2D eigenvalue weighted by Crippen LogP contribution is 2.35. The fraction of sp³-hybridized carbons (Fsp3) is 0.273. The Hall–Kier alpha value is -3.12. The molecule has 6 heteroatoms. The van der Waals surface area contributed by atoms with Crippen molar-refractivity contribution in [1.82, 2.24) is 9.55 Å². The minimum absolute atomic E-state index is 0.0431. The number of aromatic nitrogens is 2. The van der Waals surface area contributed by atoms with Crippen LogP contribution in [-0.4, -0.2) is 29.6 Å². The monoisotopic (exact) mass is 376 g/mol. The zero-order valence-electron chi connectivity index (χ0n) is 16.4. The largest absolute Gasteiger partial charge is 0.369 e. The Morgan fingerprint density at radius 3 is 2.61 bits per heavy atom. The topological polar surface area (TPSA) is 50.6 Å². The number of fused-ring (bicyclic) bond motifs is 1. The van der Waals surface area contributed by atoms with E-state index in [2.05, 4.69) is 9.88 Å². The van der Waals surface area contributed by atoms with Crippen molar-refractivity contribution in [2.45, 2.75) is 19.2 Å². The van der Waals surface area contributed by atoms with Gasteiger partial charge in [0.2, 0.25) is 5.91 Å². The lowest BCUT2D eigenvalue weighted by atomic mass is 9.97. The number of methoxy groups -OCH3 is 1. The van der Waals surface area contributed by atoms with E-state index in [4.69, 9.17) is 4.74 Å². The van der Waals surface area contributed by atoms with E-state index in [1.165, 1.54) is 0 Å². The summed E-state index contributed by atoms with van der Waals surface area (Å²) in [4.78, 5) is 20.9. The summed E-state index contributed by atoms with van der Waals surface area (Å²) in [5.74, 6) is 0.0431. The van der Waals surface area contributed by atoms with Gasteiger partial charge in [-0.15, -0.1) is 0 Å². The zero-order valence-corrected chi connectivity index (χ0v) is 16.4. The number of hydrogen-bond donors (Lipinski definition) is 0. The first-order valence-electron chi connectivity index (χ1n) is 9.27. The second-order valence-electron chi connectivity index (χ2n) is 7.10. The molecule has 0 saturated carbocycles. The number of imidazole rings is 1. The zero-order chi connectivity index (χ0) is 19.7. The van der Waals surface area contributed by atoms with E-state index in [1.54, 1.807) is 18.3 Å². The van der Waals surface area contributed by atoms with Gasteiger partial charge in [-0.1, -0.05) is 24.3 Å². The summed E-state index contributed by atoms with van der Waals surface area (Å²) in [5, 5.41) is 0. The lowest BCUT2D eigenvalue weighted by molar-refractivity contribution is -0.121. The van der Waals surface area contributed by atoms with Gasteiger partial charge in [-0.25, -0.2) is 4.98 Å². The molecule has 1 unspecified atom stereocenters. The van der Waals surface area contributed by atoms with Crippen molar-refractivity contribution < 1.29 is 9.53 Å². The maximum absolute atomic E-state index is 12.8. The Kier molecular flexibility index (Phi) is 4.88. The van der Waals surface area contributed by atoms with E-state index in [1.807, 2.05) is 73.4 Å². The van der Waals surface area contributed by atoms with Crippen LogP contribution in [0.3, 0.4) is 0 Å². The highest BCUT2D eigenvalue weighted by atomic mass is 16.5. The van der Waals surface area contributed by atoms with Gasteiger partial charge in [0, 0.05) is 44.3 Å². The summed E-state index contributed by atoms with van der Waals surface area (Å²) in [6.07, 6.45) is 3.66. The normalized spacial score (nSPS) is 16.2. The molecule has 1 aliphatic heterocycles. The second-order valence-corrected chi connectivity index (χ2v) is 7.10. The molecule has 0 aliphatic carbocycles. The van der Waals surface area contributed by atoms with Crippen LogP contribution in [0, 0.1) is 0 Å². The lowest BCUT2D eigenvalue weighted by Gasteiger charge is -2.36. The van der Waals surface area contributed by atoms with Crippen LogP contribution in [0.25, 0.3) is 0 Å². The van der Waals surface area contributed by atoms with Gasteiger partial charge in [-0.3, -0.25) is 9.69 Å². The summed E-state index contributed by atoms with van der Waals surface area (Å²) in [6, 6.07) is 16.0. The van der Waals surface area contributed by atoms with Gasteiger partial charge in [0.25, 0.3) is 0 Å². The van der Waals surface area contributed by atoms with E-state index >= 15 is 0 Å². The van der Waals surface area contributed by atoms with Crippen molar-refractivity contribution in [3.8, 4) is 0 Å². The number of hydrogen-bond acceptors (Lipinski definition) is 4. The van der Waals surface area contributed by atoms with Gasteiger partial charge in [0.1, 0.15) is 0 Å². The Balaban J connectivity index is 1.58. The van der Waals surface area contributed by atoms with Gasteiger partial charge >= 0.3 is 0 Å². The Labute approximate surface area is 165 Å². The molecule has 3 aromatic rings. The van der Waals surface area contributed by atoms with Crippen molar-refractivity contribution in [3.63, 3.8) is 0 Å². The molecule has 0 spiro atoms. The third kappa shape index (κ3) is 3.27. The van der Waals surface area contributed by atoms with E-state index in [0.29, 0.717) is 6.42 Å². The molecular weight excluding hydrogens is 352 g/mol. The number of benzene rings is 2. The van der Waals surface area contributed by atoms with Crippen LogP contribution >= 0.6 is 0 Å². The molecular formula is C22H24N4O2. The molecule has 2 heterocycles. The highest BCUT2D eigenvalue weighted by Gasteiger charge is 2.33. The van der Waals surface area contributed by atoms with E-state index in [9.17, 15) is 4.79 Å². The Morgan fingerprint density at radius 1 is 1.18 bits per heavy atom. The molecule has 1 aromatic heterocycles. The first kappa shape index (κ1) is 18.3. The number of anilines is 2. The van der Waals surface area contributed by atoms with Crippen molar-refractivity contribution in [2.75, 3.05) is 24.0 Å². The van der Waals surface area contributed by atoms with Crippen molar-refractivity contribution in [3.05, 3.63) is 77.9 Å². The number of aryl methyl sites for hydroxylation is 1. The van der Waals surface area contributed by atoms with E-state index < -0.39 is 6.23 Å². The molecule has 28 heavy (non-hydrogen) atoms. The Bertz CT molecular complexity index is 980. The predicted molar refractivity (Wildman–Crippen MR) is 109 cm³/mol. The standard InChI is InChI=1S/C22H24N4O2/c1-24(14-19-13-23-15-25(19)2)17-8-10-18(11-9-17)26-21(27)12-16-6-4-5-7-20(16)22(26)28-3/h4-11,13,15,22H,12,14H2,1-3H3. The summed E-state index contributed by atoms with van der Waals surface area (Å²) in [5.41, 5.74) is 5.12. The molecule has 0 fully saturated rings. The lowest BCUT2D eigenvalue weighted by Crippen LogP contribution is -2.41. The highest BCUT2D eigenvalue weighted by molar-refractivity contribution is 5.97. The number of rotatable bonds is 5. The molecule has 0 bridgehead atoms. The fourth-order valence-corrected chi connectivity index (χ4v) is 3.70. The minimum Gasteiger partial charge on any atom is -0.369 e. The predicted octanol–water partition coefficient (Wildman–Crippen LogP) is 3.29. The number of carbonyl (C=O) groups is 1. The first-order valence-corrected chi connectivity index (χ1v) is 9.27. The van der Waals surface area contributed by atoms with Gasteiger partial charge in [-0.05, 0) is 29.8 Å². The molecule has 1 aliphatic rings. The van der Waals surface area contributed by atoms with Gasteiger partial charge in [0.15, 0.2) is 6.23 Å². The maximum atomic E-state index is 12.8. The van der Waals surface area contributed by atoms with Crippen molar-refractivity contribution in [2.24, 2.45) is 7.05 Å². The number of nitrogens with zero attached hydrogens (tertiary/aromatic N) is 4. The van der Waals surface area contributed by atoms with Crippen LogP contribution in [0.5, 0.6) is 0 Å². The molecule has 0 saturated heterocycles. The molecule has 1 atom stereocenters. The van der Waals surface area contributed by atoms with Crippen LogP contribution in [-0.2, 0) is 29.5 Å². The van der Waals surface area contributed by atoms with Crippen LogP contribution in [0.2, 0.25) is 0 Å². The van der Waals surface area contributed by atoms with Crippen LogP contribution in [0.4, 0.5) is 11.4 Å². The van der Waals surface area contributed by atoms with E-state index in [-0.39, 0.29) is 5.91 Å². The van der Waals surface area contributed by atoms with Crippen LogP contribution in [0.15, 0.2) is 61.1 Å². The van der Waals surface area contributed by atoms with Crippen LogP contribution in [0.1, 0.15) is 23.0 Å². The molecule has 1 amide bonds. The summed E-state index contributed by atoms with van der Waals surface area (Å²) in [7, 11) is 5.68. The molecule has 0 N–H and O–H groups in total. The van der Waals surface area contributed by atoms with Gasteiger partial charge in [-0.2, -0.15) is 0 Å². The third-order valence-corrected chi connectivity index (χ3v) is 5.27. The SMILES string of the molecule is COC1c2ccccc2CC(=O)N1c1ccc(N(C)Cc2cncn2C)cc1. The summed E-state index contributed by atoms with van der Waals surface area (Å²) >= 11 is 0. The van der Waals surface area contributed by atoms with Crippen LogP contribution < -0.4 is 9.80 Å². The first-order chi connectivity index (χ1) is 13.6. The maximum Gasteiger partial charge on any atom is 0.233 e. The molecule has 6 nitrogen and oxygen atoms in total. The van der Waals surface area contributed by atoms with Crippen molar-refractivity contribution in [1.29, 1.82) is 0 Å². The average Bonchev–Trinajstić information content (AvgIpc) is 3.11. The fourth-order valence-electron chi connectivity index (χ4n) is 3.70.